The smallest absolute Gasteiger partial charge is 0.203 e. The van der Waals surface area contributed by atoms with E-state index in [-0.39, 0.29) is 0 Å². The summed E-state index contributed by atoms with van der Waals surface area (Å²) in [7, 11) is -2.32. The largest absolute Gasteiger partial charge is 0.330 e. The first-order chi connectivity index (χ1) is 5.68. The predicted octanol–water partition coefficient (Wildman–Crippen LogP) is 2.06. The lowest BCUT2D eigenvalue weighted by Crippen LogP contribution is -2.05. The molecular weight excluding hydrogens is 173 g/mol. The molecule has 0 fully saturated rings. The van der Waals surface area contributed by atoms with Gasteiger partial charge >= 0.3 is 0 Å². The van der Waals surface area contributed by atoms with E-state index in [9.17, 15) is 4.57 Å². The van der Waals surface area contributed by atoms with Crippen molar-refractivity contribution in [3.8, 4) is 0 Å². The van der Waals surface area contributed by atoms with Crippen LogP contribution in [0.4, 0.5) is 0 Å². The third-order valence-electron chi connectivity index (χ3n) is 1.63. The van der Waals surface area contributed by atoms with E-state index in [0.29, 0.717) is 25.5 Å². The Morgan fingerprint density at radius 2 is 2.00 bits per heavy atom. The molecule has 0 aromatic carbocycles. The summed E-state index contributed by atoms with van der Waals surface area (Å²) in [5.41, 5.74) is 5.35. The van der Waals surface area contributed by atoms with Crippen molar-refractivity contribution in [2.75, 3.05) is 25.5 Å². The zero-order valence-electron chi connectivity index (χ0n) is 8.08. The lowest BCUT2D eigenvalue weighted by Gasteiger charge is -2.16. The van der Waals surface area contributed by atoms with Crippen molar-refractivity contribution < 1.29 is 9.09 Å². The summed E-state index contributed by atoms with van der Waals surface area (Å²) in [6.45, 7) is 5.04. The molecule has 4 heteroatoms. The molecule has 0 aliphatic rings. The van der Waals surface area contributed by atoms with Crippen LogP contribution in [0.15, 0.2) is 0 Å². The first kappa shape index (κ1) is 12.2. The van der Waals surface area contributed by atoms with Crippen LogP contribution in [0.2, 0.25) is 0 Å². The van der Waals surface area contributed by atoms with Crippen LogP contribution in [0, 0.1) is 0 Å². The fourth-order valence-electron chi connectivity index (χ4n) is 1.15. The SMILES string of the molecule is CCCP(=O)(CCCN)OCC. The molecule has 0 radical (unpaired) electrons. The van der Waals surface area contributed by atoms with Gasteiger partial charge in [-0.1, -0.05) is 6.92 Å². The van der Waals surface area contributed by atoms with Gasteiger partial charge in [-0.2, -0.15) is 0 Å². The summed E-state index contributed by atoms with van der Waals surface area (Å²) < 4.78 is 17.2. The van der Waals surface area contributed by atoms with Gasteiger partial charge in [0.2, 0.25) is 7.37 Å². The Morgan fingerprint density at radius 1 is 1.33 bits per heavy atom. The molecule has 0 heterocycles. The van der Waals surface area contributed by atoms with Crippen molar-refractivity contribution in [3.63, 3.8) is 0 Å². The van der Waals surface area contributed by atoms with E-state index in [1.54, 1.807) is 0 Å². The minimum absolute atomic E-state index is 0.544. The molecule has 0 aromatic rings. The molecule has 0 rings (SSSR count). The maximum absolute atomic E-state index is 11.9. The van der Waals surface area contributed by atoms with Crippen molar-refractivity contribution in [2.45, 2.75) is 26.7 Å². The summed E-state index contributed by atoms with van der Waals surface area (Å²) in [4.78, 5) is 0. The molecule has 1 unspecified atom stereocenters. The molecule has 0 saturated carbocycles. The average molecular weight is 193 g/mol. The van der Waals surface area contributed by atoms with Crippen LogP contribution in [-0.4, -0.2) is 25.5 Å². The molecule has 1 atom stereocenters. The Hall–Kier alpha value is 0.150. The van der Waals surface area contributed by atoms with Crippen molar-refractivity contribution in [3.05, 3.63) is 0 Å². The second-order valence-electron chi connectivity index (χ2n) is 2.82. The fourth-order valence-corrected chi connectivity index (χ4v) is 3.45. The van der Waals surface area contributed by atoms with Crippen LogP contribution >= 0.6 is 7.37 Å². The van der Waals surface area contributed by atoms with E-state index in [1.807, 2.05) is 13.8 Å². The van der Waals surface area contributed by atoms with Gasteiger partial charge in [0.15, 0.2) is 0 Å². The highest BCUT2D eigenvalue weighted by atomic mass is 31.2. The fraction of sp³-hybridized carbons (Fsp3) is 1.00. The Bertz CT molecular complexity index is 140. The van der Waals surface area contributed by atoms with Crippen LogP contribution < -0.4 is 5.73 Å². The quantitative estimate of drug-likeness (QED) is 0.629. The zero-order valence-corrected chi connectivity index (χ0v) is 8.98. The summed E-state index contributed by atoms with van der Waals surface area (Å²) in [5.74, 6) is 0. The molecule has 74 valence electrons. The summed E-state index contributed by atoms with van der Waals surface area (Å²) in [6, 6.07) is 0. The molecule has 0 spiro atoms. The minimum atomic E-state index is -2.32. The molecule has 0 bridgehead atoms. The highest BCUT2D eigenvalue weighted by Crippen LogP contribution is 2.47. The van der Waals surface area contributed by atoms with Crippen LogP contribution in [0.3, 0.4) is 0 Å². The first-order valence-corrected chi connectivity index (χ1v) is 6.60. The number of nitrogens with two attached hydrogens (primary N) is 1. The molecule has 0 saturated heterocycles. The van der Waals surface area contributed by atoms with Gasteiger partial charge in [0, 0.05) is 12.3 Å². The van der Waals surface area contributed by atoms with Crippen molar-refractivity contribution in [1.29, 1.82) is 0 Å². The van der Waals surface area contributed by atoms with Gasteiger partial charge in [0.1, 0.15) is 0 Å². The average Bonchev–Trinajstić information content (AvgIpc) is 2.02. The Labute approximate surface area is 75.1 Å². The molecule has 0 aliphatic carbocycles. The molecule has 2 N–H and O–H groups in total. The van der Waals surface area contributed by atoms with Gasteiger partial charge in [0.05, 0.1) is 6.61 Å². The molecule has 3 nitrogen and oxygen atoms in total. The Morgan fingerprint density at radius 3 is 2.42 bits per heavy atom. The van der Waals surface area contributed by atoms with Gasteiger partial charge in [-0.25, -0.2) is 0 Å². The van der Waals surface area contributed by atoms with E-state index in [1.165, 1.54) is 0 Å². The molecule has 0 aromatic heterocycles. The number of rotatable bonds is 7. The maximum Gasteiger partial charge on any atom is 0.203 e. The second kappa shape index (κ2) is 6.64. The van der Waals surface area contributed by atoms with E-state index < -0.39 is 7.37 Å². The van der Waals surface area contributed by atoms with Crippen molar-refractivity contribution in [2.24, 2.45) is 5.73 Å². The normalized spacial score (nSPS) is 15.9. The third kappa shape index (κ3) is 4.91. The minimum Gasteiger partial charge on any atom is -0.330 e. The lowest BCUT2D eigenvalue weighted by atomic mass is 10.5. The van der Waals surface area contributed by atoms with Crippen LogP contribution in [0.25, 0.3) is 0 Å². The highest BCUT2D eigenvalue weighted by Gasteiger charge is 2.19. The standard InChI is InChI=1S/C8H20NO2P/c1-3-7-12(10,11-4-2)8-5-6-9/h3-9H2,1-2H3. The molecule has 12 heavy (non-hydrogen) atoms. The van der Waals surface area contributed by atoms with Crippen molar-refractivity contribution >= 4 is 7.37 Å². The molecular formula is C8H20NO2P. The highest BCUT2D eigenvalue weighted by molar-refractivity contribution is 7.58. The first-order valence-electron chi connectivity index (χ1n) is 4.61. The molecule has 0 aliphatic heterocycles. The Kier molecular flexibility index (Phi) is 6.73. The predicted molar refractivity (Wildman–Crippen MR) is 52.9 cm³/mol. The van der Waals surface area contributed by atoms with E-state index in [2.05, 4.69) is 0 Å². The number of hydrogen-bond donors (Lipinski definition) is 1. The van der Waals surface area contributed by atoms with E-state index in [0.717, 1.165) is 12.8 Å². The molecule has 0 amide bonds. The monoisotopic (exact) mass is 193 g/mol. The zero-order chi connectivity index (χ0) is 9.45. The van der Waals surface area contributed by atoms with Crippen LogP contribution in [-0.2, 0) is 9.09 Å². The lowest BCUT2D eigenvalue weighted by molar-refractivity contribution is 0.332. The Balaban J connectivity index is 3.90. The van der Waals surface area contributed by atoms with Gasteiger partial charge in [-0.15, -0.1) is 0 Å². The van der Waals surface area contributed by atoms with Crippen LogP contribution in [0.1, 0.15) is 26.7 Å². The third-order valence-corrected chi connectivity index (χ3v) is 4.49. The van der Waals surface area contributed by atoms with Gasteiger partial charge in [0.25, 0.3) is 0 Å². The van der Waals surface area contributed by atoms with Gasteiger partial charge < -0.3 is 10.3 Å². The summed E-state index contributed by atoms with van der Waals surface area (Å²) >= 11 is 0. The van der Waals surface area contributed by atoms with Gasteiger partial charge in [-0.3, -0.25) is 4.57 Å². The number of hydrogen-bond acceptors (Lipinski definition) is 3. The van der Waals surface area contributed by atoms with E-state index in [4.69, 9.17) is 10.3 Å². The topological polar surface area (TPSA) is 52.3 Å². The van der Waals surface area contributed by atoms with Crippen molar-refractivity contribution in [1.82, 2.24) is 0 Å². The maximum atomic E-state index is 11.9. The van der Waals surface area contributed by atoms with E-state index >= 15 is 0 Å². The van der Waals surface area contributed by atoms with Gasteiger partial charge in [-0.05, 0) is 26.3 Å². The summed E-state index contributed by atoms with van der Waals surface area (Å²) in [5, 5.41) is 0. The summed E-state index contributed by atoms with van der Waals surface area (Å²) in [6.07, 6.45) is 3.06. The van der Waals surface area contributed by atoms with Crippen LogP contribution in [0.5, 0.6) is 0 Å². The second-order valence-corrected chi connectivity index (χ2v) is 5.60.